The number of carbonyl (C=O) groups excluding carboxylic acids is 1. The molecule has 1 saturated carbocycles. The lowest BCUT2D eigenvalue weighted by Crippen LogP contribution is -2.56. The molecule has 1 aromatic rings. The van der Waals surface area contributed by atoms with Gasteiger partial charge in [-0.05, 0) is 37.3 Å². The van der Waals surface area contributed by atoms with Gasteiger partial charge in [-0.2, -0.15) is 0 Å². The van der Waals surface area contributed by atoms with E-state index in [0.29, 0.717) is 18.5 Å². The number of hydrogen-bond donors (Lipinski definition) is 3. The average molecular weight is 308 g/mol. The maximum absolute atomic E-state index is 12.1. The minimum Gasteiger partial charge on any atom is -0.480 e. The molecule has 0 atom stereocenters. The van der Waals surface area contributed by atoms with Crippen molar-refractivity contribution in [3.8, 4) is 0 Å². The van der Waals surface area contributed by atoms with Crippen LogP contribution in [0.4, 0.5) is 10.5 Å². The Balaban J connectivity index is 2.03. The summed E-state index contributed by atoms with van der Waals surface area (Å²) in [5, 5.41) is 14.8. The third kappa shape index (κ3) is 3.91. The topological polar surface area (TPSA) is 78.4 Å². The molecule has 2 amide bonds. The molecule has 1 aliphatic carbocycles. The van der Waals surface area contributed by atoms with Crippen molar-refractivity contribution in [3.63, 3.8) is 0 Å². The molecule has 21 heavy (non-hydrogen) atoms. The zero-order chi connectivity index (χ0) is 15.3. The second-order valence-electron chi connectivity index (χ2n) is 5.26. The van der Waals surface area contributed by atoms with Crippen LogP contribution in [-0.4, -0.2) is 28.9 Å². The smallest absolute Gasteiger partial charge is 0.329 e. The molecule has 6 heteroatoms. The predicted octanol–water partition coefficient (Wildman–Crippen LogP) is 3.32. The summed E-state index contributed by atoms with van der Waals surface area (Å²) in [6.07, 6.45) is 5.61. The van der Waals surface area contributed by atoms with Crippen LogP contribution >= 0.6 is 11.8 Å². The Labute approximate surface area is 128 Å². The van der Waals surface area contributed by atoms with Gasteiger partial charge in [0.15, 0.2) is 0 Å². The first kappa shape index (κ1) is 15.7. The SMILES string of the molecule is CSc1cccc(NC(=O)NC2(C(=O)O)CCCCC2)c1. The fraction of sp³-hybridized carbons (Fsp3) is 0.467. The van der Waals surface area contributed by atoms with E-state index in [-0.39, 0.29) is 0 Å². The Hall–Kier alpha value is -1.69. The van der Waals surface area contributed by atoms with E-state index in [1.54, 1.807) is 17.8 Å². The van der Waals surface area contributed by atoms with Gasteiger partial charge >= 0.3 is 12.0 Å². The largest absolute Gasteiger partial charge is 0.480 e. The van der Waals surface area contributed by atoms with Crippen molar-refractivity contribution >= 4 is 29.4 Å². The molecule has 0 aromatic heterocycles. The highest BCUT2D eigenvalue weighted by Gasteiger charge is 2.40. The molecule has 0 aliphatic heterocycles. The fourth-order valence-corrected chi connectivity index (χ4v) is 3.09. The first-order chi connectivity index (χ1) is 10.1. The van der Waals surface area contributed by atoms with E-state index < -0.39 is 17.5 Å². The summed E-state index contributed by atoms with van der Waals surface area (Å²) < 4.78 is 0. The van der Waals surface area contributed by atoms with Crippen molar-refractivity contribution in [2.24, 2.45) is 0 Å². The summed E-state index contributed by atoms with van der Waals surface area (Å²) in [6, 6.07) is 6.99. The van der Waals surface area contributed by atoms with Gasteiger partial charge in [0.05, 0.1) is 0 Å². The summed E-state index contributed by atoms with van der Waals surface area (Å²) in [4.78, 5) is 24.7. The molecular weight excluding hydrogens is 288 g/mol. The second kappa shape index (κ2) is 6.85. The normalized spacial score (nSPS) is 17.0. The van der Waals surface area contributed by atoms with Gasteiger partial charge < -0.3 is 15.7 Å². The highest BCUT2D eigenvalue weighted by molar-refractivity contribution is 7.98. The lowest BCUT2D eigenvalue weighted by Gasteiger charge is -2.33. The summed E-state index contributed by atoms with van der Waals surface area (Å²) >= 11 is 1.58. The van der Waals surface area contributed by atoms with E-state index in [2.05, 4.69) is 10.6 Å². The molecule has 1 fully saturated rings. The van der Waals surface area contributed by atoms with Crippen molar-refractivity contribution in [2.45, 2.75) is 42.5 Å². The number of urea groups is 1. The van der Waals surface area contributed by atoms with Crippen molar-refractivity contribution in [1.29, 1.82) is 0 Å². The summed E-state index contributed by atoms with van der Waals surface area (Å²) in [5.74, 6) is -0.949. The van der Waals surface area contributed by atoms with Gasteiger partial charge in [0.2, 0.25) is 0 Å². The van der Waals surface area contributed by atoms with Gasteiger partial charge in [-0.25, -0.2) is 9.59 Å². The molecule has 0 heterocycles. The summed E-state index contributed by atoms with van der Waals surface area (Å²) in [5.41, 5.74) is -0.463. The number of anilines is 1. The molecule has 114 valence electrons. The first-order valence-corrected chi connectivity index (χ1v) is 8.25. The number of carbonyl (C=O) groups is 2. The van der Waals surface area contributed by atoms with E-state index in [9.17, 15) is 14.7 Å². The minimum atomic E-state index is -1.13. The summed E-state index contributed by atoms with van der Waals surface area (Å²) in [7, 11) is 0. The van der Waals surface area contributed by atoms with Crippen molar-refractivity contribution in [2.75, 3.05) is 11.6 Å². The number of thioether (sulfide) groups is 1. The van der Waals surface area contributed by atoms with Crippen molar-refractivity contribution in [3.05, 3.63) is 24.3 Å². The number of carboxylic acid groups (broad SMARTS) is 1. The standard InChI is InChI=1S/C15H20N2O3S/c1-21-12-7-5-6-11(10-12)16-14(20)17-15(13(18)19)8-3-2-4-9-15/h5-7,10H,2-4,8-9H2,1H3,(H,18,19)(H2,16,17,20). The van der Waals surface area contributed by atoms with E-state index in [4.69, 9.17) is 0 Å². The summed E-state index contributed by atoms with van der Waals surface area (Å²) in [6.45, 7) is 0. The first-order valence-electron chi connectivity index (χ1n) is 7.02. The Kier molecular flexibility index (Phi) is 5.12. The lowest BCUT2D eigenvalue weighted by molar-refractivity contribution is -0.145. The van der Waals surface area contributed by atoms with Gasteiger partial charge in [-0.3, -0.25) is 0 Å². The van der Waals surface area contributed by atoms with Crippen LogP contribution in [-0.2, 0) is 4.79 Å². The molecule has 5 nitrogen and oxygen atoms in total. The molecule has 0 saturated heterocycles. The van der Waals surface area contributed by atoms with Crippen LogP contribution in [0.1, 0.15) is 32.1 Å². The van der Waals surface area contributed by atoms with Crippen LogP contribution in [0.15, 0.2) is 29.2 Å². The lowest BCUT2D eigenvalue weighted by atomic mass is 9.82. The van der Waals surface area contributed by atoms with Gasteiger partial charge in [0.25, 0.3) is 0 Å². The second-order valence-corrected chi connectivity index (χ2v) is 6.14. The molecule has 0 unspecified atom stereocenters. The van der Waals surface area contributed by atoms with E-state index in [1.165, 1.54) is 0 Å². The Morgan fingerprint density at radius 2 is 1.95 bits per heavy atom. The highest BCUT2D eigenvalue weighted by Crippen LogP contribution is 2.28. The Morgan fingerprint density at radius 3 is 2.57 bits per heavy atom. The molecular formula is C15H20N2O3S. The van der Waals surface area contributed by atoms with Gasteiger partial charge in [0, 0.05) is 10.6 Å². The maximum Gasteiger partial charge on any atom is 0.329 e. The zero-order valence-electron chi connectivity index (χ0n) is 12.0. The fourth-order valence-electron chi connectivity index (χ4n) is 2.63. The average Bonchev–Trinajstić information content (AvgIpc) is 2.48. The Bertz CT molecular complexity index is 527. The number of rotatable bonds is 4. The number of nitrogens with one attached hydrogen (secondary N) is 2. The number of aliphatic carboxylic acids is 1. The quantitative estimate of drug-likeness (QED) is 0.746. The molecule has 0 radical (unpaired) electrons. The monoisotopic (exact) mass is 308 g/mol. The van der Waals surface area contributed by atoms with Gasteiger partial charge in [-0.1, -0.05) is 25.3 Å². The highest BCUT2D eigenvalue weighted by atomic mass is 32.2. The third-order valence-electron chi connectivity index (χ3n) is 3.80. The van der Waals surface area contributed by atoms with Crippen LogP contribution in [0.3, 0.4) is 0 Å². The van der Waals surface area contributed by atoms with E-state index in [0.717, 1.165) is 24.2 Å². The van der Waals surface area contributed by atoms with Gasteiger partial charge in [0.1, 0.15) is 5.54 Å². The zero-order valence-corrected chi connectivity index (χ0v) is 12.8. The Morgan fingerprint density at radius 1 is 1.24 bits per heavy atom. The van der Waals surface area contributed by atoms with Crippen LogP contribution in [0, 0.1) is 0 Å². The minimum absolute atomic E-state index is 0.461. The number of hydrogen-bond acceptors (Lipinski definition) is 3. The van der Waals surface area contributed by atoms with Crippen LogP contribution in [0.2, 0.25) is 0 Å². The maximum atomic E-state index is 12.1. The number of carboxylic acids is 1. The van der Waals surface area contributed by atoms with Gasteiger partial charge in [-0.15, -0.1) is 11.8 Å². The molecule has 3 N–H and O–H groups in total. The molecule has 0 bridgehead atoms. The molecule has 1 aromatic carbocycles. The van der Waals surface area contributed by atoms with E-state index >= 15 is 0 Å². The molecule has 2 rings (SSSR count). The van der Waals surface area contributed by atoms with Crippen LogP contribution in [0.5, 0.6) is 0 Å². The van der Waals surface area contributed by atoms with E-state index in [1.807, 2.05) is 24.5 Å². The number of amides is 2. The number of benzene rings is 1. The van der Waals surface area contributed by atoms with Crippen LogP contribution in [0.25, 0.3) is 0 Å². The van der Waals surface area contributed by atoms with Crippen LogP contribution < -0.4 is 10.6 Å². The third-order valence-corrected chi connectivity index (χ3v) is 4.52. The van der Waals surface area contributed by atoms with Crippen molar-refractivity contribution < 1.29 is 14.7 Å². The van der Waals surface area contributed by atoms with Crippen molar-refractivity contribution in [1.82, 2.24) is 5.32 Å². The molecule has 0 spiro atoms. The molecule has 1 aliphatic rings. The predicted molar refractivity (Wildman–Crippen MR) is 83.8 cm³/mol.